The zero-order chi connectivity index (χ0) is 14.0. The molecule has 0 aliphatic rings. The summed E-state index contributed by atoms with van der Waals surface area (Å²) in [6.45, 7) is 1.80. The van der Waals surface area contributed by atoms with E-state index in [1.54, 1.807) is 19.2 Å². The van der Waals surface area contributed by atoms with Crippen LogP contribution in [0.3, 0.4) is 0 Å². The van der Waals surface area contributed by atoms with E-state index >= 15 is 0 Å². The molecule has 6 heteroatoms. The lowest BCUT2D eigenvalue weighted by Crippen LogP contribution is -2.15. The predicted molar refractivity (Wildman–Crippen MR) is 74.5 cm³/mol. The molecule has 0 fully saturated rings. The lowest BCUT2D eigenvalue weighted by Gasteiger charge is -2.11. The first kappa shape index (κ1) is 13.2. The van der Waals surface area contributed by atoms with Crippen molar-refractivity contribution < 1.29 is 9.90 Å². The van der Waals surface area contributed by atoms with Crippen molar-refractivity contribution >= 4 is 28.9 Å². The van der Waals surface area contributed by atoms with Gasteiger partial charge in [0, 0.05) is 11.9 Å². The van der Waals surface area contributed by atoms with Crippen molar-refractivity contribution in [1.82, 2.24) is 4.98 Å². The summed E-state index contributed by atoms with van der Waals surface area (Å²) in [7, 11) is 0. The molecule has 2 aromatic rings. The smallest absolute Gasteiger partial charge is 0.257 e. The van der Waals surface area contributed by atoms with Crippen molar-refractivity contribution in [3.8, 4) is 5.75 Å². The second-order valence-electron chi connectivity index (χ2n) is 4.02. The number of phenolic OH excluding ortho intramolecular Hbond substituents is 1. The van der Waals surface area contributed by atoms with Crippen LogP contribution in [-0.2, 0) is 0 Å². The van der Waals surface area contributed by atoms with Gasteiger partial charge in [0.05, 0.1) is 11.3 Å². The number of phenols is 1. The topological polar surface area (TPSA) is 88.2 Å². The van der Waals surface area contributed by atoms with Crippen molar-refractivity contribution in [1.29, 1.82) is 0 Å². The Morgan fingerprint density at radius 2 is 2.16 bits per heavy atom. The summed E-state index contributed by atoms with van der Waals surface area (Å²) >= 11 is 5.93. The van der Waals surface area contributed by atoms with Crippen molar-refractivity contribution in [2.45, 2.75) is 6.92 Å². The molecule has 0 unspecified atom stereocenters. The number of benzene rings is 1. The number of anilines is 2. The summed E-state index contributed by atoms with van der Waals surface area (Å²) in [6, 6.07) is 5.90. The Morgan fingerprint density at radius 3 is 2.84 bits per heavy atom. The number of aryl methyl sites for hydroxylation is 1. The molecule has 0 saturated heterocycles. The van der Waals surface area contributed by atoms with Crippen LogP contribution in [-0.4, -0.2) is 16.0 Å². The molecule has 4 N–H and O–H groups in total. The highest BCUT2D eigenvalue weighted by Crippen LogP contribution is 2.25. The minimum atomic E-state index is -0.452. The standard InChI is InChI=1S/C13H12ClN3O2/c1-7-4-5-16-12(14)11(7)17-13(19)9-6-8(18)2-3-10(9)15/h2-6,18H,15H2,1H3,(H,17,19). The van der Waals surface area contributed by atoms with E-state index in [0.717, 1.165) is 5.56 Å². The van der Waals surface area contributed by atoms with Gasteiger partial charge in [0.15, 0.2) is 5.15 Å². The molecule has 1 heterocycles. The van der Waals surface area contributed by atoms with Gasteiger partial charge in [0.1, 0.15) is 5.75 Å². The molecule has 0 atom stereocenters. The van der Waals surface area contributed by atoms with Crippen LogP contribution in [0.2, 0.25) is 5.15 Å². The van der Waals surface area contributed by atoms with Gasteiger partial charge in [-0.3, -0.25) is 4.79 Å². The quantitative estimate of drug-likeness (QED) is 0.447. The number of amides is 1. The molecular weight excluding hydrogens is 266 g/mol. The SMILES string of the molecule is Cc1ccnc(Cl)c1NC(=O)c1cc(O)ccc1N. The second-order valence-corrected chi connectivity index (χ2v) is 4.38. The van der Waals surface area contributed by atoms with Crippen molar-refractivity contribution in [2.24, 2.45) is 0 Å². The van der Waals surface area contributed by atoms with Gasteiger partial charge in [-0.15, -0.1) is 0 Å². The summed E-state index contributed by atoms with van der Waals surface area (Å²) in [5, 5.41) is 12.2. The molecule has 0 saturated carbocycles. The van der Waals surface area contributed by atoms with Crippen LogP contribution in [0, 0.1) is 6.92 Å². The molecular formula is C13H12ClN3O2. The molecule has 98 valence electrons. The first-order valence-corrected chi connectivity index (χ1v) is 5.88. The average molecular weight is 278 g/mol. The van der Waals surface area contributed by atoms with Crippen LogP contribution in [0.25, 0.3) is 0 Å². The van der Waals surface area contributed by atoms with Crippen molar-refractivity contribution in [3.63, 3.8) is 0 Å². The zero-order valence-electron chi connectivity index (χ0n) is 10.1. The maximum absolute atomic E-state index is 12.1. The maximum Gasteiger partial charge on any atom is 0.257 e. The van der Waals surface area contributed by atoms with Gasteiger partial charge >= 0.3 is 0 Å². The molecule has 1 aromatic carbocycles. The number of aromatic nitrogens is 1. The van der Waals surface area contributed by atoms with Gasteiger partial charge in [0.25, 0.3) is 5.91 Å². The van der Waals surface area contributed by atoms with Crippen LogP contribution in [0.15, 0.2) is 30.5 Å². The maximum atomic E-state index is 12.1. The molecule has 2 rings (SSSR count). The van der Waals surface area contributed by atoms with E-state index in [2.05, 4.69) is 10.3 Å². The minimum absolute atomic E-state index is 0.0339. The molecule has 19 heavy (non-hydrogen) atoms. The molecule has 0 aliphatic carbocycles. The number of carbonyl (C=O) groups is 1. The molecule has 5 nitrogen and oxygen atoms in total. The fourth-order valence-corrected chi connectivity index (χ4v) is 1.85. The zero-order valence-corrected chi connectivity index (χ0v) is 10.9. The molecule has 0 bridgehead atoms. The summed E-state index contributed by atoms with van der Waals surface area (Å²) in [5.41, 5.74) is 7.36. The fraction of sp³-hybridized carbons (Fsp3) is 0.0769. The number of nitrogens with zero attached hydrogens (tertiary/aromatic N) is 1. The van der Waals surface area contributed by atoms with Crippen LogP contribution in [0.4, 0.5) is 11.4 Å². The Bertz CT molecular complexity index is 624. The highest BCUT2D eigenvalue weighted by atomic mass is 35.5. The molecule has 1 aromatic heterocycles. The van der Waals surface area contributed by atoms with Crippen molar-refractivity contribution in [3.05, 3.63) is 46.7 Å². The number of halogens is 1. The van der Waals surface area contributed by atoms with Gasteiger partial charge < -0.3 is 16.2 Å². The number of pyridine rings is 1. The highest BCUT2D eigenvalue weighted by molar-refractivity contribution is 6.33. The number of hydrogen-bond acceptors (Lipinski definition) is 4. The van der Waals surface area contributed by atoms with Crippen LogP contribution in [0.1, 0.15) is 15.9 Å². The lowest BCUT2D eigenvalue weighted by atomic mass is 10.1. The lowest BCUT2D eigenvalue weighted by molar-refractivity contribution is 0.102. The Kier molecular flexibility index (Phi) is 3.57. The number of rotatable bonds is 2. The number of nitrogens with one attached hydrogen (secondary N) is 1. The number of carbonyl (C=O) groups excluding carboxylic acids is 1. The number of nitrogen functional groups attached to an aromatic ring is 1. The third-order valence-corrected chi connectivity index (χ3v) is 2.92. The van der Waals surface area contributed by atoms with Gasteiger partial charge in [-0.2, -0.15) is 0 Å². The second kappa shape index (κ2) is 5.16. The first-order chi connectivity index (χ1) is 8.99. The number of nitrogens with two attached hydrogens (primary N) is 1. The largest absolute Gasteiger partial charge is 0.508 e. The van der Waals surface area contributed by atoms with E-state index in [4.69, 9.17) is 17.3 Å². The Labute approximate surface area is 115 Å². The van der Waals surface area contributed by atoms with E-state index in [9.17, 15) is 9.90 Å². The van der Waals surface area contributed by atoms with Crippen LogP contribution >= 0.6 is 11.6 Å². The normalized spacial score (nSPS) is 10.2. The Morgan fingerprint density at radius 1 is 1.42 bits per heavy atom. The van der Waals surface area contributed by atoms with E-state index in [1.807, 2.05) is 0 Å². The monoisotopic (exact) mass is 277 g/mol. The van der Waals surface area contributed by atoms with E-state index in [0.29, 0.717) is 5.69 Å². The summed E-state index contributed by atoms with van der Waals surface area (Å²) in [4.78, 5) is 16.0. The van der Waals surface area contributed by atoms with E-state index in [-0.39, 0.29) is 22.2 Å². The third kappa shape index (κ3) is 2.77. The Balaban J connectivity index is 2.34. The minimum Gasteiger partial charge on any atom is -0.508 e. The summed E-state index contributed by atoms with van der Waals surface area (Å²) in [5.74, 6) is -0.486. The average Bonchev–Trinajstić information content (AvgIpc) is 2.37. The van der Waals surface area contributed by atoms with Gasteiger partial charge in [0.2, 0.25) is 0 Å². The number of hydrogen-bond donors (Lipinski definition) is 3. The number of aromatic hydroxyl groups is 1. The molecule has 0 aliphatic heterocycles. The van der Waals surface area contributed by atoms with E-state index in [1.165, 1.54) is 18.2 Å². The van der Waals surface area contributed by atoms with E-state index < -0.39 is 5.91 Å². The first-order valence-electron chi connectivity index (χ1n) is 5.50. The predicted octanol–water partition coefficient (Wildman–Crippen LogP) is 2.58. The van der Waals surface area contributed by atoms with Gasteiger partial charge in [-0.05, 0) is 36.8 Å². The van der Waals surface area contributed by atoms with Crippen LogP contribution < -0.4 is 11.1 Å². The van der Waals surface area contributed by atoms with Crippen molar-refractivity contribution in [2.75, 3.05) is 11.1 Å². The van der Waals surface area contributed by atoms with Gasteiger partial charge in [-0.1, -0.05) is 11.6 Å². The van der Waals surface area contributed by atoms with Gasteiger partial charge in [-0.25, -0.2) is 4.98 Å². The fourth-order valence-electron chi connectivity index (χ4n) is 1.60. The molecule has 0 radical (unpaired) electrons. The summed E-state index contributed by atoms with van der Waals surface area (Å²) in [6.07, 6.45) is 1.55. The molecule has 0 spiro atoms. The Hall–Kier alpha value is -2.27. The third-order valence-electron chi connectivity index (χ3n) is 2.63. The molecule has 1 amide bonds. The van der Waals surface area contributed by atoms with Crippen LogP contribution in [0.5, 0.6) is 5.75 Å². The summed E-state index contributed by atoms with van der Waals surface area (Å²) < 4.78 is 0. The highest BCUT2D eigenvalue weighted by Gasteiger charge is 2.14.